The largest absolute Gasteiger partial charge is 0.393 e. The highest BCUT2D eigenvalue weighted by molar-refractivity contribution is 7.87. The molecule has 3 atom stereocenters. The molecule has 1 saturated carbocycles. The third-order valence-corrected chi connectivity index (χ3v) is 6.31. The third-order valence-electron chi connectivity index (χ3n) is 4.67. The van der Waals surface area contributed by atoms with E-state index in [0.717, 1.165) is 44.9 Å². The number of methoxy groups -OCH3 is 1. The van der Waals surface area contributed by atoms with Gasteiger partial charge >= 0.3 is 0 Å². The van der Waals surface area contributed by atoms with Crippen LogP contribution in [0.15, 0.2) is 0 Å². The van der Waals surface area contributed by atoms with Gasteiger partial charge in [-0.25, -0.2) is 0 Å². The van der Waals surface area contributed by atoms with Crippen LogP contribution < -0.4 is 4.72 Å². The van der Waals surface area contributed by atoms with Crippen molar-refractivity contribution in [3.05, 3.63) is 0 Å². The van der Waals surface area contributed by atoms with Crippen molar-refractivity contribution in [2.24, 2.45) is 5.92 Å². The van der Waals surface area contributed by atoms with E-state index in [9.17, 15) is 13.5 Å². The minimum atomic E-state index is -3.49. The number of nitrogens with zero attached hydrogens (tertiary/aromatic N) is 1. The Hall–Kier alpha value is -0.210. The Morgan fingerprint density at radius 3 is 2.62 bits per heavy atom. The van der Waals surface area contributed by atoms with Crippen molar-refractivity contribution >= 4 is 10.2 Å². The molecule has 6 nitrogen and oxygen atoms in total. The van der Waals surface area contributed by atoms with Gasteiger partial charge in [0.05, 0.1) is 12.7 Å². The van der Waals surface area contributed by atoms with Gasteiger partial charge in [-0.05, 0) is 25.7 Å². The summed E-state index contributed by atoms with van der Waals surface area (Å²) in [5.74, 6) is 0.0815. The van der Waals surface area contributed by atoms with Crippen LogP contribution in [-0.4, -0.2) is 56.8 Å². The van der Waals surface area contributed by atoms with E-state index in [2.05, 4.69) is 4.72 Å². The van der Waals surface area contributed by atoms with Crippen molar-refractivity contribution in [3.8, 4) is 0 Å². The summed E-state index contributed by atoms with van der Waals surface area (Å²) in [6.45, 7) is 1.20. The van der Waals surface area contributed by atoms with Crippen molar-refractivity contribution in [1.82, 2.24) is 9.03 Å². The van der Waals surface area contributed by atoms with E-state index in [1.54, 1.807) is 11.4 Å². The Morgan fingerprint density at radius 2 is 1.90 bits per heavy atom. The lowest BCUT2D eigenvalue weighted by Gasteiger charge is -2.42. The lowest BCUT2D eigenvalue weighted by molar-refractivity contribution is 0.0200. The van der Waals surface area contributed by atoms with Crippen LogP contribution in [0.5, 0.6) is 0 Å². The molecule has 0 aromatic carbocycles. The average Bonchev–Trinajstić information content (AvgIpc) is 2.48. The van der Waals surface area contributed by atoms with E-state index in [1.165, 1.54) is 0 Å². The topological polar surface area (TPSA) is 78.9 Å². The highest BCUT2D eigenvalue weighted by atomic mass is 32.2. The summed E-state index contributed by atoms with van der Waals surface area (Å²) < 4.78 is 34.1. The Balaban J connectivity index is 2.07. The van der Waals surface area contributed by atoms with Gasteiger partial charge in [0.2, 0.25) is 0 Å². The predicted octanol–water partition coefficient (Wildman–Crippen LogP) is 0.873. The monoisotopic (exact) mass is 320 g/mol. The molecule has 0 bridgehead atoms. The smallest absolute Gasteiger partial charge is 0.279 e. The maximum atomic E-state index is 12.5. The number of hydrogen-bond donors (Lipinski definition) is 2. The van der Waals surface area contributed by atoms with Crippen molar-refractivity contribution < 1.29 is 18.3 Å². The Labute approximate surface area is 128 Å². The molecule has 1 aliphatic carbocycles. The number of rotatable bonds is 6. The van der Waals surface area contributed by atoms with E-state index < -0.39 is 10.2 Å². The number of nitrogens with one attached hydrogen (secondary N) is 1. The fourth-order valence-corrected chi connectivity index (χ4v) is 5.10. The number of aliphatic hydroxyl groups is 1. The second-order valence-electron chi connectivity index (χ2n) is 6.08. The van der Waals surface area contributed by atoms with E-state index in [-0.39, 0.29) is 24.6 Å². The molecule has 0 aromatic rings. The molecule has 1 saturated heterocycles. The molecule has 7 heteroatoms. The maximum Gasteiger partial charge on any atom is 0.279 e. The zero-order valence-electron chi connectivity index (χ0n) is 12.8. The minimum Gasteiger partial charge on any atom is -0.393 e. The van der Waals surface area contributed by atoms with Crippen LogP contribution in [-0.2, 0) is 14.9 Å². The number of piperidine rings is 1. The molecule has 1 heterocycles. The normalized spacial score (nSPS) is 32.2. The fourth-order valence-electron chi connectivity index (χ4n) is 3.60. The molecule has 2 rings (SSSR count). The SMILES string of the molecule is COCCNS(=O)(=O)N1CCCCC1C1CCCCC1O. The van der Waals surface area contributed by atoms with Crippen molar-refractivity contribution in [3.63, 3.8) is 0 Å². The van der Waals surface area contributed by atoms with Crippen LogP contribution in [0.3, 0.4) is 0 Å². The van der Waals surface area contributed by atoms with Crippen LogP contribution in [0.2, 0.25) is 0 Å². The molecule has 2 fully saturated rings. The Bertz CT molecular complexity index is 415. The lowest BCUT2D eigenvalue weighted by Crippen LogP contribution is -2.54. The number of hydrogen-bond acceptors (Lipinski definition) is 4. The van der Waals surface area contributed by atoms with Gasteiger partial charge in [0.1, 0.15) is 0 Å². The van der Waals surface area contributed by atoms with E-state index in [4.69, 9.17) is 4.74 Å². The van der Waals surface area contributed by atoms with Crippen molar-refractivity contribution in [1.29, 1.82) is 0 Å². The predicted molar refractivity (Wildman–Crippen MR) is 81.1 cm³/mol. The highest BCUT2D eigenvalue weighted by Crippen LogP contribution is 2.34. The summed E-state index contributed by atoms with van der Waals surface area (Å²) in [6, 6.07) is -0.0610. The zero-order chi connectivity index (χ0) is 15.3. The highest BCUT2D eigenvalue weighted by Gasteiger charge is 2.40. The van der Waals surface area contributed by atoms with E-state index >= 15 is 0 Å². The van der Waals surface area contributed by atoms with Crippen LogP contribution in [0.4, 0.5) is 0 Å². The molecule has 2 aliphatic rings. The van der Waals surface area contributed by atoms with Gasteiger partial charge in [0.15, 0.2) is 0 Å². The average molecular weight is 320 g/mol. The fraction of sp³-hybridized carbons (Fsp3) is 1.00. The molecule has 0 radical (unpaired) electrons. The molecular formula is C14H28N2O4S. The van der Waals surface area contributed by atoms with Crippen molar-refractivity contribution in [2.45, 2.75) is 57.1 Å². The summed E-state index contributed by atoms with van der Waals surface area (Å²) in [5.41, 5.74) is 0. The third kappa shape index (κ3) is 4.39. The molecule has 0 aromatic heterocycles. The van der Waals surface area contributed by atoms with Crippen LogP contribution in [0.1, 0.15) is 44.9 Å². The van der Waals surface area contributed by atoms with Gasteiger partial charge in [-0.15, -0.1) is 0 Å². The van der Waals surface area contributed by atoms with Crippen molar-refractivity contribution in [2.75, 3.05) is 26.8 Å². The molecule has 1 aliphatic heterocycles. The minimum absolute atomic E-state index is 0.0610. The number of aliphatic hydroxyl groups excluding tert-OH is 1. The maximum absolute atomic E-state index is 12.5. The number of ether oxygens (including phenoxy) is 1. The first-order chi connectivity index (χ1) is 10.1. The summed E-state index contributed by atoms with van der Waals surface area (Å²) in [6.07, 6.45) is 6.28. The van der Waals surface area contributed by atoms with Crippen LogP contribution >= 0.6 is 0 Å². The molecule has 124 valence electrons. The second-order valence-corrected chi connectivity index (χ2v) is 7.79. The zero-order valence-corrected chi connectivity index (χ0v) is 13.6. The first kappa shape index (κ1) is 17.1. The molecule has 0 spiro atoms. The Kier molecular flexibility index (Phi) is 6.43. The van der Waals surface area contributed by atoms with Gasteiger partial charge in [0.25, 0.3) is 10.2 Å². The molecular weight excluding hydrogens is 292 g/mol. The quantitative estimate of drug-likeness (QED) is 0.712. The van der Waals surface area contributed by atoms with Gasteiger partial charge < -0.3 is 9.84 Å². The van der Waals surface area contributed by atoms with Gasteiger partial charge in [-0.2, -0.15) is 17.4 Å². The summed E-state index contributed by atoms with van der Waals surface area (Å²) in [4.78, 5) is 0. The van der Waals surface area contributed by atoms with Gasteiger partial charge in [-0.1, -0.05) is 19.3 Å². The van der Waals surface area contributed by atoms with E-state index in [1.807, 2.05) is 0 Å². The molecule has 21 heavy (non-hydrogen) atoms. The molecule has 2 N–H and O–H groups in total. The standard InChI is InChI=1S/C14H28N2O4S/c1-20-11-9-15-21(18,19)16-10-5-4-7-13(16)12-6-2-3-8-14(12)17/h12-15,17H,2-11H2,1H3. The van der Waals surface area contributed by atoms with Gasteiger partial charge in [-0.3, -0.25) is 0 Å². The summed E-state index contributed by atoms with van der Waals surface area (Å²) >= 11 is 0. The Morgan fingerprint density at radius 1 is 1.19 bits per heavy atom. The molecule has 3 unspecified atom stereocenters. The summed E-state index contributed by atoms with van der Waals surface area (Å²) in [7, 11) is -1.93. The van der Waals surface area contributed by atoms with Gasteiger partial charge in [0, 0.05) is 32.2 Å². The lowest BCUT2D eigenvalue weighted by atomic mass is 9.79. The molecule has 0 amide bonds. The van der Waals surface area contributed by atoms with E-state index in [0.29, 0.717) is 13.2 Å². The second kappa shape index (κ2) is 7.87. The first-order valence-corrected chi connectivity index (χ1v) is 9.43. The first-order valence-electron chi connectivity index (χ1n) is 7.99. The summed E-state index contributed by atoms with van der Waals surface area (Å²) in [5, 5.41) is 10.3. The van der Waals surface area contributed by atoms with Crippen LogP contribution in [0, 0.1) is 5.92 Å². The van der Waals surface area contributed by atoms with Crippen LogP contribution in [0.25, 0.3) is 0 Å².